The number of nitrogens with zero attached hydrogens (tertiary/aromatic N) is 3. The lowest BCUT2D eigenvalue weighted by Gasteiger charge is -2.28. The Bertz CT molecular complexity index is 1320. The molecule has 1 saturated heterocycles. The first-order valence-electron chi connectivity index (χ1n) is 10.6. The summed E-state index contributed by atoms with van der Waals surface area (Å²) in [6, 6.07) is 24.3. The molecule has 2 aromatic carbocycles. The van der Waals surface area contributed by atoms with Crippen molar-refractivity contribution in [3.8, 4) is 5.69 Å². The molecule has 2 unspecified atom stereocenters. The van der Waals surface area contributed by atoms with Gasteiger partial charge in [0.05, 0.1) is 17.8 Å². The molecule has 3 heterocycles. The SMILES string of the molecule is Cc1cc(C2C(c3ccccn3)NC(=S)N2c2ccc(Br)cc2)c(C)n1-c1cccc(Cl)c1. The van der Waals surface area contributed by atoms with E-state index in [2.05, 4.69) is 79.9 Å². The van der Waals surface area contributed by atoms with E-state index in [1.165, 1.54) is 5.56 Å². The number of aromatic nitrogens is 2. The fourth-order valence-electron chi connectivity index (χ4n) is 4.65. The Balaban J connectivity index is 1.68. The van der Waals surface area contributed by atoms with Crippen LogP contribution in [0.1, 0.15) is 34.7 Å². The number of hydrogen-bond acceptors (Lipinski definition) is 2. The van der Waals surface area contributed by atoms with Crippen molar-refractivity contribution in [3.05, 3.63) is 111 Å². The summed E-state index contributed by atoms with van der Waals surface area (Å²) in [6.45, 7) is 4.28. The zero-order chi connectivity index (χ0) is 23.1. The van der Waals surface area contributed by atoms with E-state index in [0.717, 1.165) is 32.9 Å². The van der Waals surface area contributed by atoms with Gasteiger partial charge in [-0.15, -0.1) is 0 Å². The van der Waals surface area contributed by atoms with E-state index in [9.17, 15) is 0 Å². The van der Waals surface area contributed by atoms with Crippen LogP contribution >= 0.6 is 39.7 Å². The molecule has 0 spiro atoms. The first-order chi connectivity index (χ1) is 15.9. The molecular formula is C26H22BrClN4S. The van der Waals surface area contributed by atoms with Crippen LogP contribution in [0, 0.1) is 13.8 Å². The van der Waals surface area contributed by atoms with Gasteiger partial charge in [0, 0.05) is 38.5 Å². The molecule has 4 nitrogen and oxygen atoms in total. The van der Waals surface area contributed by atoms with Crippen molar-refractivity contribution in [2.24, 2.45) is 0 Å². The minimum absolute atomic E-state index is 0.0623. The van der Waals surface area contributed by atoms with E-state index in [0.29, 0.717) is 10.1 Å². The molecule has 1 aliphatic rings. The molecule has 33 heavy (non-hydrogen) atoms. The predicted octanol–water partition coefficient (Wildman–Crippen LogP) is 7.08. The van der Waals surface area contributed by atoms with Gasteiger partial charge >= 0.3 is 0 Å². The van der Waals surface area contributed by atoms with Crippen LogP contribution in [0.4, 0.5) is 5.69 Å². The summed E-state index contributed by atoms with van der Waals surface area (Å²) in [7, 11) is 0. The maximum Gasteiger partial charge on any atom is 0.174 e. The normalized spacial score (nSPS) is 17.9. The summed E-state index contributed by atoms with van der Waals surface area (Å²) in [6.07, 6.45) is 1.83. The quantitative estimate of drug-likeness (QED) is 0.282. The van der Waals surface area contributed by atoms with E-state index in [1.54, 1.807) is 0 Å². The summed E-state index contributed by atoms with van der Waals surface area (Å²) >= 11 is 15.7. The van der Waals surface area contributed by atoms with E-state index in [4.69, 9.17) is 23.8 Å². The average Bonchev–Trinajstić information content (AvgIpc) is 3.30. The molecule has 5 rings (SSSR count). The van der Waals surface area contributed by atoms with E-state index < -0.39 is 0 Å². The first-order valence-corrected chi connectivity index (χ1v) is 12.2. The molecule has 166 valence electrons. The van der Waals surface area contributed by atoms with Crippen molar-refractivity contribution in [2.45, 2.75) is 25.9 Å². The average molecular weight is 538 g/mol. The van der Waals surface area contributed by atoms with E-state index in [-0.39, 0.29) is 12.1 Å². The van der Waals surface area contributed by atoms with Gasteiger partial charge in [0.2, 0.25) is 0 Å². The molecule has 1 N–H and O–H groups in total. The number of hydrogen-bond donors (Lipinski definition) is 1. The van der Waals surface area contributed by atoms with Gasteiger partial charge in [-0.25, -0.2) is 0 Å². The van der Waals surface area contributed by atoms with Crippen molar-refractivity contribution < 1.29 is 0 Å². The second-order valence-corrected chi connectivity index (χ2v) is 9.85. The second kappa shape index (κ2) is 8.93. The largest absolute Gasteiger partial charge is 0.351 e. The third kappa shape index (κ3) is 4.07. The van der Waals surface area contributed by atoms with Gasteiger partial charge in [0.1, 0.15) is 0 Å². The number of pyridine rings is 1. The van der Waals surface area contributed by atoms with Crippen molar-refractivity contribution in [3.63, 3.8) is 0 Å². The summed E-state index contributed by atoms with van der Waals surface area (Å²) in [5.41, 5.74) is 6.51. The summed E-state index contributed by atoms with van der Waals surface area (Å²) in [5, 5.41) is 4.94. The molecule has 2 atom stereocenters. The molecular weight excluding hydrogens is 516 g/mol. The molecule has 0 radical (unpaired) electrons. The lowest BCUT2D eigenvalue weighted by molar-refractivity contribution is 0.565. The highest BCUT2D eigenvalue weighted by molar-refractivity contribution is 9.10. The number of benzene rings is 2. The second-order valence-electron chi connectivity index (χ2n) is 8.11. The third-order valence-electron chi connectivity index (χ3n) is 6.06. The molecule has 7 heteroatoms. The Hall–Kier alpha value is -2.67. The van der Waals surface area contributed by atoms with Crippen LogP contribution in [0.3, 0.4) is 0 Å². The van der Waals surface area contributed by atoms with Crippen LogP contribution in [0.25, 0.3) is 5.69 Å². The van der Waals surface area contributed by atoms with Crippen LogP contribution in [0.15, 0.2) is 83.5 Å². The molecule has 1 aliphatic heterocycles. The maximum absolute atomic E-state index is 6.31. The summed E-state index contributed by atoms with van der Waals surface area (Å²) in [5.74, 6) is 0. The van der Waals surface area contributed by atoms with Crippen LogP contribution < -0.4 is 10.2 Å². The first kappa shape index (κ1) is 22.1. The third-order valence-corrected chi connectivity index (χ3v) is 7.14. The van der Waals surface area contributed by atoms with Crippen molar-refractivity contribution in [1.29, 1.82) is 0 Å². The number of nitrogens with one attached hydrogen (secondary N) is 1. The highest BCUT2D eigenvalue weighted by Gasteiger charge is 2.42. The highest BCUT2D eigenvalue weighted by atomic mass is 79.9. The zero-order valence-corrected chi connectivity index (χ0v) is 21.3. The molecule has 4 aromatic rings. The zero-order valence-electron chi connectivity index (χ0n) is 18.2. The van der Waals surface area contributed by atoms with Gasteiger partial charge in [-0.05, 0) is 92.3 Å². The van der Waals surface area contributed by atoms with Gasteiger partial charge < -0.3 is 14.8 Å². The van der Waals surface area contributed by atoms with Crippen molar-refractivity contribution in [2.75, 3.05) is 4.90 Å². The molecule has 0 aliphatic carbocycles. The highest BCUT2D eigenvalue weighted by Crippen LogP contribution is 2.44. The number of rotatable bonds is 4. The molecule has 2 aromatic heterocycles. The van der Waals surface area contributed by atoms with Crippen LogP contribution in [-0.4, -0.2) is 14.7 Å². The Morgan fingerprint density at radius 3 is 2.45 bits per heavy atom. The Morgan fingerprint density at radius 1 is 0.970 bits per heavy atom. The minimum Gasteiger partial charge on any atom is -0.351 e. The van der Waals surface area contributed by atoms with Crippen LogP contribution in [0.2, 0.25) is 5.02 Å². The van der Waals surface area contributed by atoms with Gasteiger partial charge in [-0.3, -0.25) is 4.98 Å². The minimum atomic E-state index is -0.0874. The van der Waals surface area contributed by atoms with Crippen molar-refractivity contribution in [1.82, 2.24) is 14.9 Å². The molecule has 0 bridgehead atoms. The number of aryl methyl sites for hydroxylation is 1. The Kier molecular flexibility index (Phi) is 5.99. The van der Waals surface area contributed by atoms with Crippen LogP contribution in [0.5, 0.6) is 0 Å². The lowest BCUT2D eigenvalue weighted by atomic mass is 9.96. The van der Waals surface area contributed by atoms with E-state index in [1.807, 2.05) is 48.7 Å². The Labute approximate surface area is 212 Å². The van der Waals surface area contributed by atoms with E-state index >= 15 is 0 Å². The smallest absolute Gasteiger partial charge is 0.174 e. The standard InChI is InChI=1S/C26H22BrClN4S/c1-16-14-22(17(2)31(16)21-7-5-6-19(28)15-21)25-24(23-8-3-4-13-29-23)30-26(33)32(25)20-11-9-18(27)10-12-20/h3-15,24-25H,1-2H3,(H,30,33). The van der Waals surface area contributed by atoms with Crippen LogP contribution in [-0.2, 0) is 0 Å². The molecule has 1 fully saturated rings. The van der Waals surface area contributed by atoms with Crippen molar-refractivity contribution >= 4 is 50.5 Å². The number of anilines is 1. The lowest BCUT2D eigenvalue weighted by Crippen LogP contribution is -2.29. The fourth-order valence-corrected chi connectivity index (χ4v) is 5.45. The van der Waals surface area contributed by atoms with Gasteiger partial charge in [0.15, 0.2) is 5.11 Å². The molecule has 0 amide bonds. The number of halogens is 2. The monoisotopic (exact) mass is 536 g/mol. The summed E-state index contributed by atoms with van der Waals surface area (Å²) < 4.78 is 3.28. The van der Waals surface area contributed by atoms with Gasteiger partial charge in [0.25, 0.3) is 0 Å². The topological polar surface area (TPSA) is 33.1 Å². The Morgan fingerprint density at radius 2 is 1.76 bits per heavy atom. The van der Waals surface area contributed by atoms with Gasteiger partial charge in [-0.1, -0.05) is 39.7 Å². The number of thiocarbonyl (C=S) groups is 1. The predicted molar refractivity (Wildman–Crippen MR) is 142 cm³/mol. The maximum atomic E-state index is 6.31. The molecule has 0 saturated carbocycles. The fraction of sp³-hybridized carbons (Fsp3) is 0.154. The van der Waals surface area contributed by atoms with Gasteiger partial charge in [-0.2, -0.15) is 0 Å². The summed E-state index contributed by atoms with van der Waals surface area (Å²) in [4.78, 5) is 6.86.